The quantitative estimate of drug-likeness (QED) is 0.511. The van der Waals surface area contributed by atoms with Crippen LogP contribution >= 0.6 is 0 Å². The highest BCUT2D eigenvalue weighted by Gasteiger charge is 2.36. The average Bonchev–Trinajstić information content (AvgIpc) is 3.19. The fourth-order valence-corrected chi connectivity index (χ4v) is 3.93. The van der Waals surface area contributed by atoms with Crippen LogP contribution in [0.1, 0.15) is 43.2 Å². The average molecular weight is 463 g/mol. The summed E-state index contributed by atoms with van der Waals surface area (Å²) in [4.78, 5) is 18.3. The Bertz CT molecular complexity index is 1160. The Morgan fingerprint density at radius 3 is 2.67 bits per heavy atom. The van der Waals surface area contributed by atoms with Gasteiger partial charge in [-0.15, -0.1) is 10.2 Å². The summed E-state index contributed by atoms with van der Waals surface area (Å²) in [6, 6.07) is 3.18. The molecule has 33 heavy (non-hydrogen) atoms. The summed E-state index contributed by atoms with van der Waals surface area (Å²) in [6.45, 7) is 4.12. The molecule has 1 fully saturated rings. The van der Waals surface area contributed by atoms with Crippen LogP contribution in [-0.2, 0) is 6.18 Å². The minimum Gasteiger partial charge on any atom is -0.423 e. The maximum atomic E-state index is 13.6. The standard InChI is InChI=1S/C22H21F4N5O2/c1-12-5-6-31(19(7-12)20-30-29-13(2)33-20)21(32)28-16-3-4-18(22(24,25)26)17(9-16)14-8-15(23)11-27-10-14/h3-4,8-12,19H,5-7H2,1-2H3,(H,28,32)/t12-,19?/m0/s1. The van der Waals surface area contributed by atoms with E-state index in [-0.39, 0.29) is 16.8 Å². The molecule has 1 saturated heterocycles. The molecule has 1 aromatic carbocycles. The Hall–Kier alpha value is -3.50. The molecule has 11 heteroatoms. The van der Waals surface area contributed by atoms with Gasteiger partial charge < -0.3 is 14.6 Å². The lowest BCUT2D eigenvalue weighted by atomic mass is 9.92. The highest BCUT2D eigenvalue weighted by Crippen LogP contribution is 2.39. The minimum absolute atomic E-state index is 0.0515. The zero-order valence-electron chi connectivity index (χ0n) is 17.9. The molecule has 7 nitrogen and oxygen atoms in total. The number of alkyl halides is 3. The molecule has 0 spiro atoms. The molecule has 1 aliphatic rings. The van der Waals surface area contributed by atoms with Gasteiger partial charge in [-0.3, -0.25) is 4.98 Å². The van der Waals surface area contributed by atoms with Gasteiger partial charge in [-0.25, -0.2) is 9.18 Å². The van der Waals surface area contributed by atoms with Crippen molar-refractivity contribution in [3.8, 4) is 11.1 Å². The van der Waals surface area contributed by atoms with Gasteiger partial charge in [0, 0.05) is 30.9 Å². The number of nitrogens with zero attached hydrogens (tertiary/aromatic N) is 4. The summed E-state index contributed by atoms with van der Waals surface area (Å²) in [7, 11) is 0. The van der Waals surface area contributed by atoms with E-state index in [2.05, 4.69) is 27.4 Å². The monoisotopic (exact) mass is 463 g/mol. The maximum absolute atomic E-state index is 13.6. The van der Waals surface area contributed by atoms with E-state index in [0.29, 0.717) is 30.7 Å². The van der Waals surface area contributed by atoms with Crippen LogP contribution in [0, 0.1) is 18.7 Å². The van der Waals surface area contributed by atoms with E-state index in [1.54, 1.807) is 6.92 Å². The molecule has 174 valence electrons. The number of piperidine rings is 1. The van der Waals surface area contributed by atoms with Crippen LogP contribution in [0.15, 0.2) is 41.1 Å². The Labute approximate surface area is 186 Å². The van der Waals surface area contributed by atoms with Gasteiger partial charge in [0.2, 0.25) is 11.8 Å². The fraction of sp³-hybridized carbons (Fsp3) is 0.364. The first-order valence-electron chi connectivity index (χ1n) is 10.3. The van der Waals surface area contributed by atoms with Gasteiger partial charge in [-0.1, -0.05) is 6.92 Å². The predicted molar refractivity (Wildman–Crippen MR) is 111 cm³/mol. The van der Waals surface area contributed by atoms with Crippen LogP contribution in [0.2, 0.25) is 0 Å². The highest BCUT2D eigenvalue weighted by molar-refractivity contribution is 5.91. The molecule has 0 bridgehead atoms. The number of carbonyl (C=O) groups is 1. The topological polar surface area (TPSA) is 84.2 Å². The number of nitrogens with one attached hydrogen (secondary N) is 1. The zero-order chi connectivity index (χ0) is 23.8. The Balaban J connectivity index is 1.64. The smallest absolute Gasteiger partial charge is 0.417 e. The number of hydrogen-bond donors (Lipinski definition) is 1. The Morgan fingerprint density at radius 1 is 1.21 bits per heavy atom. The van der Waals surface area contributed by atoms with Crippen molar-refractivity contribution in [2.75, 3.05) is 11.9 Å². The number of halogens is 4. The van der Waals surface area contributed by atoms with Gasteiger partial charge in [-0.2, -0.15) is 13.2 Å². The third kappa shape index (κ3) is 4.96. The molecular formula is C22H21F4N5O2. The second-order valence-electron chi connectivity index (χ2n) is 8.08. The zero-order valence-corrected chi connectivity index (χ0v) is 17.9. The summed E-state index contributed by atoms with van der Waals surface area (Å²) < 4.78 is 59.9. The predicted octanol–water partition coefficient (Wildman–Crippen LogP) is 5.60. The molecule has 1 N–H and O–H groups in total. The number of hydrogen-bond acceptors (Lipinski definition) is 5. The lowest BCUT2D eigenvalue weighted by Gasteiger charge is -2.36. The summed E-state index contributed by atoms with van der Waals surface area (Å²) in [5, 5.41) is 10.5. The van der Waals surface area contributed by atoms with Gasteiger partial charge in [0.25, 0.3) is 0 Å². The summed E-state index contributed by atoms with van der Waals surface area (Å²) >= 11 is 0. The number of aromatic nitrogens is 3. The third-order valence-corrected chi connectivity index (χ3v) is 5.54. The van der Waals surface area contributed by atoms with Crippen molar-refractivity contribution >= 4 is 11.7 Å². The van der Waals surface area contributed by atoms with E-state index < -0.39 is 29.6 Å². The maximum Gasteiger partial charge on any atom is 0.417 e. The molecule has 3 heterocycles. The van der Waals surface area contributed by atoms with Crippen LogP contribution in [0.4, 0.5) is 28.0 Å². The van der Waals surface area contributed by atoms with Gasteiger partial charge in [-0.05, 0) is 48.6 Å². The van der Waals surface area contributed by atoms with Crippen molar-refractivity contribution in [3.63, 3.8) is 0 Å². The van der Waals surface area contributed by atoms with Crippen LogP contribution < -0.4 is 5.32 Å². The van der Waals surface area contributed by atoms with Crippen molar-refractivity contribution in [1.82, 2.24) is 20.1 Å². The number of aryl methyl sites for hydroxylation is 1. The van der Waals surface area contributed by atoms with E-state index in [1.807, 2.05) is 0 Å². The molecule has 2 atom stereocenters. The summed E-state index contributed by atoms with van der Waals surface area (Å²) in [5.41, 5.74) is -1.17. The Morgan fingerprint density at radius 2 is 2.00 bits per heavy atom. The van der Waals surface area contributed by atoms with Crippen molar-refractivity contribution < 1.29 is 26.8 Å². The van der Waals surface area contributed by atoms with Crippen molar-refractivity contribution in [2.45, 2.75) is 38.9 Å². The largest absolute Gasteiger partial charge is 0.423 e. The number of carbonyl (C=O) groups excluding carboxylic acids is 1. The SMILES string of the molecule is Cc1nnc(C2C[C@@H](C)CCN2C(=O)Nc2ccc(C(F)(F)F)c(-c3cncc(F)c3)c2)o1. The lowest BCUT2D eigenvalue weighted by molar-refractivity contribution is -0.137. The summed E-state index contributed by atoms with van der Waals surface area (Å²) in [6.07, 6.45) is -1.26. The van der Waals surface area contributed by atoms with Crippen LogP contribution in [-0.4, -0.2) is 32.7 Å². The number of urea groups is 1. The normalized spacial score (nSPS) is 18.9. The van der Waals surface area contributed by atoms with Crippen LogP contribution in [0.25, 0.3) is 11.1 Å². The first-order chi connectivity index (χ1) is 15.6. The van der Waals surface area contributed by atoms with Gasteiger partial charge in [0.15, 0.2) is 0 Å². The first kappa shape index (κ1) is 22.7. The van der Waals surface area contributed by atoms with E-state index in [4.69, 9.17) is 4.42 Å². The van der Waals surface area contributed by atoms with E-state index >= 15 is 0 Å². The molecule has 3 aromatic rings. The molecule has 0 saturated carbocycles. The van der Waals surface area contributed by atoms with E-state index in [0.717, 1.165) is 43.1 Å². The minimum atomic E-state index is -4.67. The summed E-state index contributed by atoms with van der Waals surface area (Å²) in [5.74, 6) is 0.243. The first-order valence-corrected chi connectivity index (χ1v) is 10.3. The number of benzene rings is 1. The van der Waals surface area contributed by atoms with Gasteiger partial charge >= 0.3 is 12.2 Å². The van der Waals surface area contributed by atoms with Gasteiger partial charge in [0.05, 0.1) is 11.8 Å². The number of rotatable bonds is 3. The van der Waals surface area contributed by atoms with Crippen LogP contribution in [0.3, 0.4) is 0 Å². The second-order valence-corrected chi connectivity index (χ2v) is 8.08. The Kier molecular flexibility index (Phi) is 6.05. The molecule has 2 amide bonds. The number of anilines is 1. The van der Waals surface area contributed by atoms with Crippen molar-refractivity contribution in [1.29, 1.82) is 0 Å². The van der Waals surface area contributed by atoms with Gasteiger partial charge in [0.1, 0.15) is 11.9 Å². The van der Waals surface area contributed by atoms with Crippen molar-refractivity contribution in [3.05, 3.63) is 59.8 Å². The fourth-order valence-electron chi connectivity index (χ4n) is 3.93. The van der Waals surface area contributed by atoms with Crippen LogP contribution in [0.5, 0.6) is 0 Å². The third-order valence-electron chi connectivity index (χ3n) is 5.54. The molecule has 1 aliphatic heterocycles. The molecule has 0 aliphatic carbocycles. The molecule has 1 unspecified atom stereocenters. The lowest BCUT2D eigenvalue weighted by Crippen LogP contribution is -2.43. The van der Waals surface area contributed by atoms with E-state index in [1.165, 1.54) is 4.90 Å². The highest BCUT2D eigenvalue weighted by atomic mass is 19.4. The molecule has 0 radical (unpaired) electrons. The molecular weight excluding hydrogens is 442 g/mol. The van der Waals surface area contributed by atoms with E-state index in [9.17, 15) is 22.4 Å². The molecule has 4 rings (SSSR count). The number of likely N-dealkylation sites (tertiary alicyclic amines) is 1. The number of pyridine rings is 1. The number of amides is 2. The van der Waals surface area contributed by atoms with Crippen molar-refractivity contribution in [2.24, 2.45) is 5.92 Å². The second kappa shape index (κ2) is 8.80. The molecule has 2 aromatic heterocycles.